The maximum absolute atomic E-state index is 10.8. The zero-order valence-electron chi connectivity index (χ0n) is 9.51. The van der Waals surface area contributed by atoms with E-state index in [-0.39, 0.29) is 12.1 Å². The lowest BCUT2D eigenvalue weighted by Gasteiger charge is -2.12. The first kappa shape index (κ1) is 12.8. The van der Waals surface area contributed by atoms with E-state index in [4.69, 9.17) is 19.8 Å². The molecular formula is C11H13NO5. The number of benzene rings is 1. The third-order valence-electron chi connectivity index (χ3n) is 2.24. The largest absolute Gasteiger partial charge is 0.496 e. The summed E-state index contributed by atoms with van der Waals surface area (Å²) in [5.74, 6) is -0.334. The summed E-state index contributed by atoms with van der Waals surface area (Å²) in [6.45, 7) is 0. The van der Waals surface area contributed by atoms with Gasteiger partial charge < -0.3 is 19.8 Å². The van der Waals surface area contributed by atoms with Gasteiger partial charge in [-0.1, -0.05) is 11.2 Å². The van der Waals surface area contributed by atoms with E-state index >= 15 is 0 Å². The highest BCUT2D eigenvalue weighted by molar-refractivity contribution is 6.36. The van der Waals surface area contributed by atoms with E-state index in [1.165, 1.54) is 14.2 Å². The molecule has 0 aliphatic heterocycles. The molecular weight excluding hydrogens is 226 g/mol. The number of aliphatic carboxylic acids is 1. The van der Waals surface area contributed by atoms with E-state index < -0.39 is 5.97 Å². The Bertz CT molecular complexity index is 419. The summed E-state index contributed by atoms with van der Waals surface area (Å²) >= 11 is 0. The molecule has 0 atom stereocenters. The lowest BCUT2D eigenvalue weighted by molar-refractivity contribution is -0.129. The summed E-state index contributed by atoms with van der Waals surface area (Å²) in [6.07, 6.45) is -0.0843. The predicted octanol–water partition coefficient (Wildman–Crippen LogP) is 1.16. The maximum Gasteiger partial charge on any atom is 0.354 e. The Balaban J connectivity index is 3.15. The molecule has 0 aliphatic rings. The minimum absolute atomic E-state index is 0.0843. The molecule has 17 heavy (non-hydrogen) atoms. The van der Waals surface area contributed by atoms with Crippen LogP contribution in [0, 0.1) is 0 Å². The van der Waals surface area contributed by atoms with Crippen LogP contribution >= 0.6 is 0 Å². The second-order valence-electron chi connectivity index (χ2n) is 3.17. The topological polar surface area (TPSA) is 88.4 Å². The second-order valence-corrected chi connectivity index (χ2v) is 3.17. The Morgan fingerprint density at radius 2 is 1.82 bits per heavy atom. The number of carbonyl (C=O) groups is 1. The van der Waals surface area contributed by atoms with Crippen molar-refractivity contribution in [1.82, 2.24) is 0 Å². The predicted molar refractivity (Wildman–Crippen MR) is 60.1 cm³/mol. The van der Waals surface area contributed by atoms with Crippen molar-refractivity contribution in [2.75, 3.05) is 14.2 Å². The minimum Gasteiger partial charge on any atom is -0.496 e. The van der Waals surface area contributed by atoms with Crippen molar-refractivity contribution in [3.05, 3.63) is 23.8 Å². The number of ether oxygens (including phenoxy) is 2. The van der Waals surface area contributed by atoms with E-state index in [0.29, 0.717) is 17.1 Å². The third-order valence-corrected chi connectivity index (χ3v) is 2.24. The van der Waals surface area contributed by atoms with Gasteiger partial charge in [0.05, 0.1) is 14.2 Å². The van der Waals surface area contributed by atoms with Crippen LogP contribution < -0.4 is 9.47 Å². The first-order valence-electron chi connectivity index (χ1n) is 4.78. The van der Waals surface area contributed by atoms with Crippen LogP contribution in [0.15, 0.2) is 23.4 Å². The van der Waals surface area contributed by atoms with Gasteiger partial charge in [-0.05, 0) is 12.1 Å². The maximum atomic E-state index is 10.8. The van der Waals surface area contributed by atoms with Crippen molar-refractivity contribution in [3.8, 4) is 11.5 Å². The van der Waals surface area contributed by atoms with Gasteiger partial charge in [0.1, 0.15) is 11.5 Å². The lowest BCUT2D eigenvalue weighted by Crippen LogP contribution is -2.16. The number of carboxylic acids is 1. The molecule has 0 aromatic heterocycles. The molecule has 0 spiro atoms. The van der Waals surface area contributed by atoms with Crippen LogP contribution in [-0.2, 0) is 11.2 Å². The van der Waals surface area contributed by atoms with E-state index in [0.717, 1.165) is 0 Å². The van der Waals surface area contributed by atoms with Crippen LogP contribution in [0.5, 0.6) is 11.5 Å². The van der Waals surface area contributed by atoms with Crippen LogP contribution in [0.1, 0.15) is 5.56 Å². The van der Waals surface area contributed by atoms with Crippen LogP contribution in [0.3, 0.4) is 0 Å². The highest BCUT2D eigenvalue weighted by Crippen LogP contribution is 2.28. The molecule has 0 bridgehead atoms. The van der Waals surface area contributed by atoms with Crippen LogP contribution in [-0.4, -0.2) is 36.2 Å². The van der Waals surface area contributed by atoms with Gasteiger partial charge in [0, 0.05) is 12.0 Å². The average Bonchev–Trinajstić information content (AvgIpc) is 2.35. The van der Waals surface area contributed by atoms with Gasteiger partial charge in [0.25, 0.3) is 0 Å². The van der Waals surface area contributed by atoms with E-state index in [2.05, 4.69) is 5.16 Å². The third kappa shape index (κ3) is 2.87. The molecule has 0 aliphatic carbocycles. The normalized spacial score (nSPS) is 11.1. The SMILES string of the molecule is COc1cccc(OC)c1C/C(=N/O)C(=O)O. The second kappa shape index (κ2) is 5.74. The molecule has 0 saturated heterocycles. The molecule has 0 fully saturated rings. The number of methoxy groups -OCH3 is 2. The highest BCUT2D eigenvalue weighted by atomic mass is 16.5. The Labute approximate surface area is 98.1 Å². The first-order chi connectivity index (χ1) is 8.13. The number of hydrogen-bond donors (Lipinski definition) is 2. The lowest BCUT2D eigenvalue weighted by atomic mass is 10.1. The Kier molecular flexibility index (Phi) is 4.33. The van der Waals surface area contributed by atoms with Crippen LogP contribution in [0.25, 0.3) is 0 Å². The average molecular weight is 239 g/mol. The van der Waals surface area contributed by atoms with Crippen molar-refractivity contribution < 1.29 is 24.6 Å². The van der Waals surface area contributed by atoms with E-state index in [9.17, 15) is 4.79 Å². The Morgan fingerprint density at radius 3 is 2.18 bits per heavy atom. The fraction of sp³-hybridized carbons (Fsp3) is 0.273. The summed E-state index contributed by atoms with van der Waals surface area (Å²) in [6, 6.07) is 5.07. The summed E-state index contributed by atoms with van der Waals surface area (Å²) < 4.78 is 10.2. The van der Waals surface area contributed by atoms with Crippen molar-refractivity contribution in [2.45, 2.75) is 6.42 Å². The molecule has 6 nitrogen and oxygen atoms in total. The number of carboxylic acid groups (broad SMARTS) is 1. The fourth-order valence-electron chi connectivity index (χ4n) is 1.42. The monoisotopic (exact) mass is 239 g/mol. The van der Waals surface area contributed by atoms with Gasteiger partial charge in [-0.3, -0.25) is 0 Å². The van der Waals surface area contributed by atoms with Crippen LogP contribution in [0.4, 0.5) is 0 Å². The molecule has 92 valence electrons. The molecule has 0 radical (unpaired) electrons. The molecule has 1 aromatic rings. The van der Waals surface area contributed by atoms with Crippen molar-refractivity contribution >= 4 is 11.7 Å². The fourth-order valence-corrected chi connectivity index (χ4v) is 1.42. The van der Waals surface area contributed by atoms with Crippen LogP contribution in [0.2, 0.25) is 0 Å². The summed E-state index contributed by atoms with van der Waals surface area (Å²) in [5, 5.41) is 20.1. The molecule has 6 heteroatoms. The van der Waals surface area contributed by atoms with E-state index in [1.807, 2.05) is 0 Å². The van der Waals surface area contributed by atoms with Gasteiger partial charge in [-0.15, -0.1) is 0 Å². The first-order valence-corrected chi connectivity index (χ1v) is 4.78. The summed E-state index contributed by atoms with van der Waals surface area (Å²) in [5.41, 5.74) is 0.139. The quantitative estimate of drug-likeness (QED) is 0.457. The van der Waals surface area contributed by atoms with E-state index in [1.54, 1.807) is 18.2 Å². The summed E-state index contributed by atoms with van der Waals surface area (Å²) in [4.78, 5) is 10.8. The number of hydrogen-bond acceptors (Lipinski definition) is 5. The van der Waals surface area contributed by atoms with Gasteiger partial charge in [-0.2, -0.15) is 0 Å². The molecule has 0 amide bonds. The Morgan fingerprint density at radius 1 is 1.29 bits per heavy atom. The number of oxime groups is 1. The summed E-state index contributed by atoms with van der Waals surface area (Å²) in [7, 11) is 2.93. The molecule has 0 unspecified atom stereocenters. The zero-order valence-corrected chi connectivity index (χ0v) is 9.51. The van der Waals surface area contributed by atoms with Crippen molar-refractivity contribution in [2.24, 2.45) is 5.16 Å². The smallest absolute Gasteiger partial charge is 0.354 e. The molecule has 2 N–H and O–H groups in total. The molecule has 0 heterocycles. The van der Waals surface area contributed by atoms with Gasteiger partial charge >= 0.3 is 5.97 Å². The minimum atomic E-state index is -1.29. The molecule has 1 aromatic carbocycles. The molecule has 0 saturated carbocycles. The number of nitrogens with zero attached hydrogens (tertiary/aromatic N) is 1. The zero-order chi connectivity index (χ0) is 12.8. The Hall–Kier alpha value is -2.24. The van der Waals surface area contributed by atoms with Gasteiger partial charge in [0.2, 0.25) is 0 Å². The van der Waals surface area contributed by atoms with Crippen molar-refractivity contribution in [1.29, 1.82) is 0 Å². The standard InChI is InChI=1S/C11H13NO5/c1-16-9-4-3-5-10(17-2)7(9)6-8(12-15)11(13)14/h3-5,15H,6H2,1-2H3,(H,13,14)/b12-8-. The van der Waals surface area contributed by atoms with Crippen molar-refractivity contribution in [3.63, 3.8) is 0 Å². The van der Waals surface area contributed by atoms with Gasteiger partial charge in [-0.25, -0.2) is 4.79 Å². The molecule has 1 rings (SSSR count). The van der Waals surface area contributed by atoms with Gasteiger partial charge in [0.15, 0.2) is 5.71 Å². The number of rotatable bonds is 5. The highest BCUT2D eigenvalue weighted by Gasteiger charge is 2.17.